The van der Waals surface area contributed by atoms with Crippen molar-refractivity contribution >= 4 is 22.5 Å². The summed E-state index contributed by atoms with van der Waals surface area (Å²) in [5.74, 6) is 0.994. The van der Waals surface area contributed by atoms with Crippen LogP contribution in [0.15, 0.2) is 36.5 Å². The zero-order valence-electron chi connectivity index (χ0n) is 13.4. The van der Waals surface area contributed by atoms with Crippen molar-refractivity contribution in [2.75, 3.05) is 20.3 Å². The van der Waals surface area contributed by atoms with Gasteiger partial charge in [-0.05, 0) is 37.1 Å². The van der Waals surface area contributed by atoms with Gasteiger partial charge in [-0.2, -0.15) is 5.10 Å². The van der Waals surface area contributed by atoms with Gasteiger partial charge >= 0.3 is 0 Å². The molecule has 1 aromatic carbocycles. The van der Waals surface area contributed by atoms with Gasteiger partial charge in [0.15, 0.2) is 0 Å². The van der Waals surface area contributed by atoms with Gasteiger partial charge in [0, 0.05) is 35.6 Å². The minimum absolute atomic E-state index is 0.391. The quantitative estimate of drug-likeness (QED) is 0.721. The molecule has 0 atom stereocenters. The monoisotopic (exact) mass is 343 g/mol. The molecule has 0 saturated carbocycles. The first-order chi connectivity index (χ1) is 11.8. The van der Waals surface area contributed by atoms with Crippen LogP contribution in [-0.4, -0.2) is 35.1 Å². The SMILES string of the molecule is COc1cc2c(C3CCOCC3)nn(-c3ccc(Cl)cc3)c2cn1. The lowest BCUT2D eigenvalue weighted by molar-refractivity contribution is 0.0847. The second-order valence-electron chi connectivity index (χ2n) is 5.90. The van der Waals surface area contributed by atoms with Crippen molar-refractivity contribution in [3.8, 4) is 11.6 Å². The normalized spacial score (nSPS) is 15.8. The Kier molecular flexibility index (Phi) is 4.12. The number of hydrogen-bond acceptors (Lipinski definition) is 4. The molecule has 3 heterocycles. The number of nitrogens with zero attached hydrogens (tertiary/aromatic N) is 3. The van der Waals surface area contributed by atoms with Crippen molar-refractivity contribution in [2.24, 2.45) is 0 Å². The van der Waals surface area contributed by atoms with Crippen LogP contribution in [0.25, 0.3) is 16.6 Å². The summed E-state index contributed by atoms with van der Waals surface area (Å²) >= 11 is 6.01. The van der Waals surface area contributed by atoms with Crippen molar-refractivity contribution in [1.29, 1.82) is 0 Å². The van der Waals surface area contributed by atoms with Gasteiger partial charge < -0.3 is 9.47 Å². The molecule has 0 bridgehead atoms. The standard InChI is InChI=1S/C18H18ClN3O2/c1-23-17-10-15-16(11-20-17)22(14-4-2-13(19)3-5-14)21-18(15)12-6-8-24-9-7-12/h2-5,10-12H,6-9H2,1H3. The van der Waals surface area contributed by atoms with Crippen molar-refractivity contribution in [1.82, 2.24) is 14.8 Å². The summed E-state index contributed by atoms with van der Waals surface area (Å²) in [6.07, 6.45) is 3.79. The topological polar surface area (TPSA) is 49.2 Å². The average Bonchev–Trinajstić information content (AvgIpc) is 3.02. The molecule has 0 N–H and O–H groups in total. The fraction of sp³-hybridized carbons (Fsp3) is 0.333. The molecule has 0 spiro atoms. The van der Waals surface area contributed by atoms with Crippen LogP contribution in [0.4, 0.5) is 0 Å². The highest BCUT2D eigenvalue weighted by molar-refractivity contribution is 6.30. The third-order valence-corrected chi connectivity index (χ3v) is 4.71. The van der Waals surface area contributed by atoms with E-state index < -0.39 is 0 Å². The molecule has 0 amide bonds. The van der Waals surface area contributed by atoms with Crippen molar-refractivity contribution < 1.29 is 9.47 Å². The molecule has 0 radical (unpaired) electrons. The predicted octanol–water partition coefficient (Wildman–Crippen LogP) is 3.98. The van der Waals surface area contributed by atoms with Gasteiger partial charge in [0.2, 0.25) is 5.88 Å². The molecule has 1 saturated heterocycles. The fourth-order valence-electron chi connectivity index (χ4n) is 3.18. The van der Waals surface area contributed by atoms with E-state index >= 15 is 0 Å². The number of fused-ring (bicyclic) bond motifs is 1. The minimum atomic E-state index is 0.391. The molecule has 1 aliphatic rings. The fourth-order valence-corrected chi connectivity index (χ4v) is 3.31. The summed E-state index contributed by atoms with van der Waals surface area (Å²) in [5, 5.41) is 6.71. The Balaban J connectivity index is 1.89. The van der Waals surface area contributed by atoms with E-state index in [1.54, 1.807) is 7.11 Å². The number of rotatable bonds is 3. The van der Waals surface area contributed by atoms with Crippen molar-refractivity contribution in [2.45, 2.75) is 18.8 Å². The van der Waals surface area contributed by atoms with Crippen LogP contribution < -0.4 is 4.74 Å². The molecule has 24 heavy (non-hydrogen) atoms. The smallest absolute Gasteiger partial charge is 0.213 e. The van der Waals surface area contributed by atoms with E-state index in [1.807, 2.05) is 41.2 Å². The van der Waals surface area contributed by atoms with Crippen LogP contribution in [0.3, 0.4) is 0 Å². The molecule has 124 valence electrons. The molecule has 5 nitrogen and oxygen atoms in total. The Hall–Kier alpha value is -2.11. The highest BCUT2D eigenvalue weighted by Gasteiger charge is 2.23. The van der Waals surface area contributed by atoms with E-state index in [4.69, 9.17) is 26.2 Å². The first kappa shape index (κ1) is 15.4. The molecule has 3 aromatic rings. The Bertz CT molecular complexity index is 855. The van der Waals surface area contributed by atoms with Crippen LogP contribution >= 0.6 is 11.6 Å². The Morgan fingerprint density at radius 1 is 1.21 bits per heavy atom. The van der Waals surface area contributed by atoms with Gasteiger partial charge in [-0.15, -0.1) is 0 Å². The van der Waals surface area contributed by atoms with E-state index in [0.717, 1.165) is 48.3 Å². The van der Waals surface area contributed by atoms with Crippen molar-refractivity contribution in [3.05, 3.63) is 47.2 Å². The number of halogens is 1. The van der Waals surface area contributed by atoms with E-state index in [1.165, 1.54) is 0 Å². The molecule has 0 unspecified atom stereocenters. The summed E-state index contributed by atoms with van der Waals surface area (Å²) in [6.45, 7) is 1.56. The van der Waals surface area contributed by atoms with Gasteiger partial charge in [0.05, 0.1) is 30.2 Å². The minimum Gasteiger partial charge on any atom is -0.481 e. The highest BCUT2D eigenvalue weighted by Crippen LogP contribution is 2.34. The van der Waals surface area contributed by atoms with Crippen LogP contribution in [0.1, 0.15) is 24.5 Å². The first-order valence-corrected chi connectivity index (χ1v) is 8.40. The summed E-state index contributed by atoms with van der Waals surface area (Å²) in [7, 11) is 1.63. The maximum Gasteiger partial charge on any atom is 0.213 e. The molecule has 1 aliphatic heterocycles. The van der Waals surface area contributed by atoms with Gasteiger partial charge in [-0.25, -0.2) is 9.67 Å². The summed E-state index contributed by atoms with van der Waals surface area (Å²) in [6, 6.07) is 9.64. The summed E-state index contributed by atoms with van der Waals surface area (Å²) in [5.41, 5.74) is 3.03. The number of hydrogen-bond donors (Lipinski definition) is 0. The maximum atomic E-state index is 6.01. The van der Waals surface area contributed by atoms with E-state index in [9.17, 15) is 0 Å². The lowest BCUT2D eigenvalue weighted by Crippen LogP contribution is -2.15. The third kappa shape index (κ3) is 2.74. The third-order valence-electron chi connectivity index (χ3n) is 4.46. The highest BCUT2D eigenvalue weighted by atomic mass is 35.5. The number of benzene rings is 1. The van der Waals surface area contributed by atoms with Crippen molar-refractivity contribution in [3.63, 3.8) is 0 Å². The van der Waals surface area contributed by atoms with Crippen LogP contribution in [0.5, 0.6) is 5.88 Å². The average molecular weight is 344 g/mol. The number of aromatic nitrogens is 3. The largest absolute Gasteiger partial charge is 0.481 e. The molecular weight excluding hydrogens is 326 g/mol. The molecule has 1 fully saturated rings. The maximum absolute atomic E-state index is 6.01. The second-order valence-corrected chi connectivity index (χ2v) is 6.34. The number of methoxy groups -OCH3 is 1. The lowest BCUT2D eigenvalue weighted by Gasteiger charge is -2.20. The molecule has 2 aromatic heterocycles. The second kappa shape index (κ2) is 6.42. The zero-order valence-corrected chi connectivity index (χ0v) is 14.2. The van der Waals surface area contributed by atoms with Gasteiger partial charge in [0.25, 0.3) is 0 Å². The molecule has 4 rings (SSSR count). The summed E-state index contributed by atoms with van der Waals surface area (Å²) < 4.78 is 12.7. The Morgan fingerprint density at radius 3 is 2.67 bits per heavy atom. The first-order valence-electron chi connectivity index (χ1n) is 8.02. The lowest BCUT2D eigenvalue weighted by atomic mass is 9.94. The summed E-state index contributed by atoms with van der Waals surface area (Å²) in [4.78, 5) is 4.35. The number of pyridine rings is 1. The van der Waals surface area contributed by atoms with Gasteiger partial charge in [-0.3, -0.25) is 0 Å². The molecule has 6 heteroatoms. The Labute approximate surface area is 145 Å². The zero-order chi connectivity index (χ0) is 16.5. The number of ether oxygens (including phenoxy) is 2. The van der Waals surface area contributed by atoms with Gasteiger partial charge in [-0.1, -0.05) is 11.6 Å². The van der Waals surface area contributed by atoms with E-state index in [-0.39, 0.29) is 0 Å². The molecular formula is C18H18ClN3O2. The van der Waals surface area contributed by atoms with Crippen LogP contribution in [-0.2, 0) is 4.74 Å². The van der Waals surface area contributed by atoms with Crippen LogP contribution in [0, 0.1) is 0 Å². The molecule has 0 aliphatic carbocycles. The van der Waals surface area contributed by atoms with Crippen LogP contribution in [0.2, 0.25) is 5.02 Å². The Morgan fingerprint density at radius 2 is 1.96 bits per heavy atom. The van der Waals surface area contributed by atoms with Gasteiger partial charge in [0.1, 0.15) is 0 Å². The van der Waals surface area contributed by atoms with E-state index in [2.05, 4.69) is 4.98 Å². The van der Waals surface area contributed by atoms with E-state index in [0.29, 0.717) is 16.8 Å². The predicted molar refractivity (Wildman–Crippen MR) is 93.2 cm³/mol.